The van der Waals surface area contributed by atoms with Gasteiger partial charge in [-0.2, -0.15) is 4.98 Å². The van der Waals surface area contributed by atoms with Crippen molar-refractivity contribution >= 4 is 5.91 Å². The largest absolute Gasteiger partial charge is 0.352 e. The average molecular weight is 419 g/mol. The highest BCUT2D eigenvalue weighted by atomic mass is 16.5. The van der Waals surface area contributed by atoms with E-state index in [1.807, 2.05) is 30.3 Å². The van der Waals surface area contributed by atoms with Crippen LogP contribution in [0, 0.1) is 0 Å². The van der Waals surface area contributed by atoms with Crippen molar-refractivity contribution in [3.8, 4) is 11.4 Å². The Morgan fingerprint density at radius 1 is 1.06 bits per heavy atom. The highest BCUT2D eigenvalue weighted by molar-refractivity contribution is 5.76. The molecule has 1 saturated heterocycles. The Morgan fingerprint density at radius 3 is 2.65 bits per heavy atom. The van der Waals surface area contributed by atoms with Gasteiger partial charge in [-0.1, -0.05) is 65.8 Å². The number of hydrogen-bond acceptors (Lipinski definition) is 5. The first-order valence-corrected chi connectivity index (χ1v) is 11.2. The van der Waals surface area contributed by atoms with Crippen LogP contribution in [-0.4, -0.2) is 46.6 Å². The van der Waals surface area contributed by atoms with Gasteiger partial charge in [0.15, 0.2) is 0 Å². The maximum absolute atomic E-state index is 12.4. The number of likely N-dealkylation sites (tertiary alicyclic amines) is 1. The number of hydrogen-bond donors (Lipinski definition) is 1. The smallest absolute Gasteiger partial charge is 0.227 e. The molecule has 0 aliphatic carbocycles. The first-order valence-electron chi connectivity index (χ1n) is 11.2. The summed E-state index contributed by atoms with van der Waals surface area (Å²) < 4.78 is 5.31. The molecule has 0 saturated carbocycles. The lowest BCUT2D eigenvalue weighted by Crippen LogP contribution is -2.48. The lowest BCUT2D eigenvalue weighted by atomic mass is 10.0. The van der Waals surface area contributed by atoms with Crippen molar-refractivity contribution in [2.75, 3.05) is 19.6 Å². The van der Waals surface area contributed by atoms with Gasteiger partial charge in [-0.15, -0.1) is 0 Å². The van der Waals surface area contributed by atoms with Crippen LogP contribution in [0.3, 0.4) is 0 Å². The quantitative estimate of drug-likeness (QED) is 0.571. The van der Waals surface area contributed by atoms with E-state index in [0.717, 1.165) is 50.9 Å². The Kier molecular flexibility index (Phi) is 7.45. The van der Waals surface area contributed by atoms with Gasteiger partial charge in [0.1, 0.15) is 0 Å². The Balaban J connectivity index is 1.17. The van der Waals surface area contributed by atoms with Crippen LogP contribution >= 0.6 is 0 Å². The van der Waals surface area contributed by atoms with Gasteiger partial charge >= 0.3 is 0 Å². The third-order valence-corrected chi connectivity index (χ3v) is 5.72. The van der Waals surface area contributed by atoms with Crippen molar-refractivity contribution in [3.63, 3.8) is 0 Å². The number of aryl methyl sites for hydroxylation is 2. The molecule has 1 fully saturated rings. The monoisotopic (exact) mass is 418 g/mol. The van der Waals surface area contributed by atoms with E-state index in [1.54, 1.807) is 0 Å². The molecule has 4 rings (SSSR count). The molecule has 0 radical (unpaired) electrons. The second-order valence-corrected chi connectivity index (χ2v) is 8.17. The van der Waals surface area contributed by atoms with Gasteiger partial charge in [0, 0.05) is 31.0 Å². The lowest BCUT2D eigenvalue weighted by molar-refractivity contribution is -0.122. The lowest BCUT2D eigenvalue weighted by Gasteiger charge is -2.33. The highest BCUT2D eigenvalue weighted by Gasteiger charge is 2.21. The van der Waals surface area contributed by atoms with Gasteiger partial charge in [-0.25, -0.2) is 0 Å². The molecule has 1 amide bonds. The van der Waals surface area contributed by atoms with Crippen molar-refractivity contribution in [2.45, 2.75) is 44.6 Å². The fraction of sp³-hybridized carbons (Fsp3) is 0.400. The zero-order chi connectivity index (χ0) is 21.3. The molecule has 0 spiro atoms. The Hall–Kier alpha value is -2.99. The van der Waals surface area contributed by atoms with Gasteiger partial charge in [-0.05, 0) is 44.3 Å². The van der Waals surface area contributed by atoms with Crippen molar-refractivity contribution < 1.29 is 9.32 Å². The molecule has 162 valence electrons. The normalized spacial score (nSPS) is 16.8. The summed E-state index contributed by atoms with van der Waals surface area (Å²) in [6.45, 7) is 3.12. The number of piperidine rings is 1. The predicted molar refractivity (Wildman–Crippen MR) is 120 cm³/mol. The van der Waals surface area contributed by atoms with Gasteiger partial charge < -0.3 is 14.7 Å². The molecule has 0 bridgehead atoms. The Bertz CT molecular complexity index is 942. The molecule has 1 N–H and O–H groups in total. The van der Waals surface area contributed by atoms with Crippen molar-refractivity contribution in [2.24, 2.45) is 0 Å². The zero-order valence-corrected chi connectivity index (χ0v) is 17.9. The van der Waals surface area contributed by atoms with Crippen LogP contribution in [0.15, 0.2) is 65.2 Å². The van der Waals surface area contributed by atoms with Crippen LogP contribution in [-0.2, 0) is 17.6 Å². The third kappa shape index (κ3) is 6.49. The zero-order valence-electron chi connectivity index (χ0n) is 17.9. The minimum atomic E-state index is 0.0515. The van der Waals surface area contributed by atoms with E-state index in [0.29, 0.717) is 24.6 Å². The average Bonchev–Trinajstić information content (AvgIpc) is 3.29. The standard InChI is InChI=1S/C25H30N4O2/c30-23(15-16-24-27-25(28-31-24)21-12-5-2-6-13-21)26-22-14-8-18-29(19-22)17-7-11-20-9-3-1-4-10-20/h1-6,9-10,12-13,22H,7-8,11,14-19H2,(H,26,30)/t22-/m1/s1. The molecule has 0 unspecified atom stereocenters. The van der Waals surface area contributed by atoms with E-state index in [4.69, 9.17) is 4.52 Å². The van der Waals surface area contributed by atoms with Crippen LogP contribution in [0.4, 0.5) is 0 Å². The summed E-state index contributed by atoms with van der Waals surface area (Å²) in [5, 5.41) is 7.21. The molecule has 1 aliphatic heterocycles. The number of nitrogens with zero attached hydrogens (tertiary/aromatic N) is 3. The van der Waals surface area contributed by atoms with E-state index in [1.165, 1.54) is 5.56 Å². The number of amides is 1. The number of nitrogens with one attached hydrogen (secondary N) is 1. The number of carbonyl (C=O) groups excluding carboxylic acids is 1. The van der Waals surface area contributed by atoms with Crippen LogP contribution < -0.4 is 5.32 Å². The third-order valence-electron chi connectivity index (χ3n) is 5.72. The van der Waals surface area contributed by atoms with E-state index >= 15 is 0 Å². The fourth-order valence-corrected chi connectivity index (χ4v) is 4.11. The van der Waals surface area contributed by atoms with Crippen LogP contribution in [0.2, 0.25) is 0 Å². The second-order valence-electron chi connectivity index (χ2n) is 8.17. The highest BCUT2D eigenvalue weighted by Crippen LogP contribution is 2.16. The molecular weight excluding hydrogens is 388 g/mol. The van der Waals surface area contributed by atoms with E-state index in [9.17, 15) is 4.79 Å². The maximum Gasteiger partial charge on any atom is 0.227 e. The summed E-state index contributed by atoms with van der Waals surface area (Å²) in [5.41, 5.74) is 2.30. The summed E-state index contributed by atoms with van der Waals surface area (Å²) >= 11 is 0. The van der Waals surface area contributed by atoms with E-state index in [-0.39, 0.29) is 11.9 Å². The summed E-state index contributed by atoms with van der Waals surface area (Å²) in [7, 11) is 0. The summed E-state index contributed by atoms with van der Waals surface area (Å²) in [5.74, 6) is 1.12. The Labute approximate surface area is 183 Å². The molecule has 3 aromatic rings. The van der Waals surface area contributed by atoms with E-state index in [2.05, 4.69) is 50.7 Å². The van der Waals surface area contributed by atoms with Crippen LogP contribution in [0.1, 0.15) is 37.1 Å². The minimum Gasteiger partial charge on any atom is -0.352 e. The van der Waals surface area contributed by atoms with Crippen molar-refractivity contribution in [3.05, 3.63) is 72.1 Å². The molecule has 1 atom stereocenters. The first-order chi connectivity index (χ1) is 15.3. The van der Waals surface area contributed by atoms with Crippen molar-refractivity contribution in [1.29, 1.82) is 0 Å². The molecule has 1 aliphatic rings. The number of rotatable bonds is 9. The minimum absolute atomic E-state index is 0.0515. The van der Waals surface area contributed by atoms with Gasteiger partial charge in [0.2, 0.25) is 17.6 Å². The number of benzene rings is 2. The topological polar surface area (TPSA) is 71.3 Å². The fourth-order valence-electron chi connectivity index (χ4n) is 4.11. The van der Waals surface area contributed by atoms with Gasteiger partial charge in [-0.3, -0.25) is 4.79 Å². The van der Waals surface area contributed by atoms with Crippen LogP contribution in [0.25, 0.3) is 11.4 Å². The SMILES string of the molecule is O=C(CCc1nc(-c2ccccc2)no1)N[C@@H]1CCCN(CCCc2ccccc2)C1. The number of aromatic nitrogens is 2. The first kappa shape index (κ1) is 21.2. The van der Waals surface area contributed by atoms with E-state index < -0.39 is 0 Å². The Morgan fingerprint density at radius 2 is 1.84 bits per heavy atom. The van der Waals surface area contributed by atoms with Gasteiger partial charge in [0.05, 0.1) is 0 Å². The van der Waals surface area contributed by atoms with Crippen molar-refractivity contribution in [1.82, 2.24) is 20.4 Å². The van der Waals surface area contributed by atoms with Crippen LogP contribution in [0.5, 0.6) is 0 Å². The summed E-state index contributed by atoms with van der Waals surface area (Å²) in [6.07, 6.45) is 5.23. The number of carbonyl (C=O) groups is 1. The summed E-state index contributed by atoms with van der Waals surface area (Å²) in [4.78, 5) is 19.3. The van der Waals surface area contributed by atoms with Gasteiger partial charge in [0.25, 0.3) is 0 Å². The summed E-state index contributed by atoms with van der Waals surface area (Å²) in [6, 6.07) is 20.6. The predicted octanol–water partition coefficient (Wildman–Crippen LogP) is 3.88. The molecule has 6 nitrogen and oxygen atoms in total. The second kappa shape index (κ2) is 10.9. The molecule has 1 aromatic heterocycles. The maximum atomic E-state index is 12.4. The molecule has 31 heavy (non-hydrogen) atoms. The molecule has 2 aromatic carbocycles. The molecule has 2 heterocycles. The molecule has 6 heteroatoms. The molecular formula is C25H30N4O2.